The lowest BCUT2D eigenvalue weighted by atomic mass is 9.72. The summed E-state index contributed by atoms with van der Waals surface area (Å²) < 4.78 is 0. The number of carbonyl (C=O) groups is 1. The molecule has 0 aliphatic heterocycles. The highest BCUT2D eigenvalue weighted by Crippen LogP contribution is 2.40. The Morgan fingerprint density at radius 2 is 2.08 bits per heavy atom. The molecule has 1 atom stereocenters. The Kier molecular flexibility index (Phi) is 5.03. The summed E-state index contributed by atoms with van der Waals surface area (Å²) in [5, 5.41) is 5.74. The van der Waals surface area contributed by atoms with Gasteiger partial charge >= 0.3 is 0 Å². The van der Waals surface area contributed by atoms with Gasteiger partial charge in [-0.3, -0.25) is 4.79 Å². The molecule has 1 N–H and O–H groups in total. The average Bonchev–Trinajstić information content (AvgIpc) is 2.96. The summed E-state index contributed by atoms with van der Waals surface area (Å²) in [6.45, 7) is 7.40. The standard InChI is InChI=1S/C20H24ClNOS/c1-20(2,3)14-8-9-15-16(12-24-18(15)10-14)19(23)22-11-13-6-4-5-7-17(13)21/h4-7,12,14H,8-11H2,1-3H3,(H,22,23). The van der Waals surface area contributed by atoms with E-state index in [0.717, 1.165) is 30.4 Å². The number of halogens is 1. The van der Waals surface area contributed by atoms with Crippen LogP contribution in [0, 0.1) is 11.3 Å². The minimum Gasteiger partial charge on any atom is -0.348 e. The lowest BCUT2D eigenvalue weighted by Crippen LogP contribution is -2.28. The third kappa shape index (κ3) is 3.68. The maximum Gasteiger partial charge on any atom is 0.252 e. The molecule has 1 unspecified atom stereocenters. The van der Waals surface area contributed by atoms with Gasteiger partial charge in [0, 0.05) is 21.8 Å². The Labute approximate surface area is 153 Å². The van der Waals surface area contributed by atoms with Crippen molar-refractivity contribution in [1.82, 2.24) is 5.32 Å². The van der Waals surface area contributed by atoms with E-state index in [1.807, 2.05) is 29.6 Å². The minimum absolute atomic E-state index is 0.0154. The molecule has 0 saturated carbocycles. The highest BCUT2D eigenvalue weighted by atomic mass is 35.5. The van der Waals surface area contributed by atoms with Gasteiger partial charge in [-0.15, -0.1) is 11.3 Å². The number of amides is 1. The summed E-state index contributed by atoms with van der Waals surface area (Å²) in [7, 11) is 0. The molecule has 2 nitrogen and oxygen atoms in total. The minimum atomic E-state index is 0.0154. The summed E-state index contributed by atoms with van der Waals surface area (Å²) in [4.78, 5) is 14.0. The number of hydrogen-bond donors (Lipinski definition) is 1. The summed E-state index contributed by atoms with van der Waals surface area (Å²) in [6, 6.07) is 7.63. The Balaban J connectivity index is 1.70. The fourth-order valence-electron chi connectivity index (χ4n) is 3.35. The molecule has 4 heteroatoms. The van der Waals surface area contributed by atoms with E-state index in [1.165, 1.54) is 10.4 Å². The Bertz CT molecular complexity index is 744. The van der Waals surface area contributed by atoms with Crippen molar-refractivity contribution in [2.75, 3.05) is 0 Å². The molecule has 2 aromatic rings. The van der Waals surface area contributed by atoms with Crippen LogP contribution >= 0.6 is 22.9 Å². The predicted octanol–water partition coefficient (Wildman–Crippen LogP) is 5.48. The van der Waals surface area contributed by atoms with Crippen molar-refractivity contribution in [1.29, 1.82) is 0 Å². The Morgan fingerprint density at radius 3 is 2.79 bits per heavy atom. The van der Waals surface area contributed by atoms with E-state index in [9.17, 15) is 4.79 Å². The number of hydrogen-bond acceptors (Lipinski definition) is 2. The lowest BCUT2D eigenvalue weighted by Gasteiger charge is -2.34. The largest absolute Gasteiger partial charge is 0.348 e. The van der Waals surface area contributed by atoms with Crippen LogP contribution in [0.2, 0.25) is 5.02 Å². The van der Waals surface area contributed by atoms with Gasteiger partial charge in [-0.25, -0.2) is 0 Å². The molecule has 3 rings (SSSR count). The van der Waals surface area contributed by atoms with Gasteiger partial charge in [-0.1, -0.05) is 50.6 Å². The van der Waals surface area contributed by atoms with Crippen LogP contribution in [0.25, 0.3) is 0 Å². The van der Waals surface area contributed by atoms with Gasteiger partial charge < -0.3 is 5.32 Å². The molecule has 0 bridgehead atoms. The highest BCUT2D eigenvalue weighted by Gasteiger charge is 2.31. The zero-order valence-corrected chi connectivity index (χ0v) is 16.1. The Hall–Kier alpha value is -1.32. The van der Waals surface area contributed by atoms with Gasteiger partial charge in [-0.05, 0) is 47.8 Å². The topological polar surface area (TPSA) is 29.1 Å². The van der Waals surface area contributed by atoms with Gasteiger partial charge in [-0.2, -0.15) is 0 Å². The van der Waals surface area contributed by atoms with Crippen molar-refractivity contribution >= 4 is 28.8 Å². The maximum atomic E-state index is 12.6. The van der Waals surface area contributed by atoms with Gasteiger partial charge in [0.2, 0.25) is 0 Å². The summed E-state index contributed by atoms with van der Waals surface area (Å²) in [6.07, 6.45) is 3.27. The van der Waals surface area contributed by atoms with Crippen molar-refractivity contribution < 1.29 is 4.79 Å². The van der Waals surface area contributed by atoms with Gasteiger partial charge in [0.1, 0.15) is 0 Å². The van der Waals surface area contributed by atoms with E-state index < -0.39 is 0 Å². The fraction of sp³-hybridized carbons (Fsp3) is 0.450. The van der Waals surface area contributed by atoms with Crippen LogP contribution in [0.5, 0.6) is 0 Å². The molecule has 0 spiro atoms. The molecular weight excluding hydrogens is 338 g/mol. The number of nitrogens with one attached hydrogen (secondary N) is 1. The van der Waals surface area contributed by atoms with Gasteiger partial charge in [0.15, 0.2) is 0 Å². The first-order valence-electron chi connectivity index (χ1n) is 8.47. The number of rotatable bonds is 3. The average molecular weight is 362 g/mol. The lowest BCUT2D eigenvalue weighted by molar-refractivity contribution is 0.0950. The quantitative estimate of drug-likeness (QED) is 0.770. The maximum absolute atomic E-state index is 12.6. The number of benzene rings is 1. The second kappa shape index (κ2) is 6.89. The smallest absolute Gasteiger partial charge is 0.252 e. The van der Waals surface area contributed by atoms with E-state index in [-0.39, 0.29) is 5.91 Å². The Morgan fingerprint density at radius 1 is 1.33 bits per heavy atom. The molecule has 1 amide bonds. The molecule has 1 heterocycles. The first-order chi connectivity index (χ1) is 11.4. The van der Waals surface area contributed by atoms with E-state index in [2.05, 4.69) is 26.1 Å². The van der Waals surface area contributed by atoms with Crippen molar-refractivity contribution in [3.05, 3.63) is 56.2 Å². The van der Waals surface area contributed by atoms with E-state index in [4.69, 9.17) is 11.6 Å². The van der Waals surface area contributed by atoms with Crippen LogP contribution in [-0.4, -0.2) is 5.91 Å². The van der Waals surface area contributed by atoms with Crippen LogP contribution in [-0.2, 0) is 19.4 Å². The van der Waals surface area contributed by atoms with Crippen LogP contribution in [0.1, 0.15) is 53.6 Å². The molecule has 1 aliphatic carbocycles. The molecular formula is C20H24ClNOS. The van der Waals surface area contributed by atoms with Crippen molar-refractivity contribution in [3.63, 3.8) is 0 Å². The molecule has 0 fully saturated rings. The fourth-order valence-corrected chi connectivity index (χ4v) is 4.72. The molecule has 1 aliphatic rings. The third-order valence-electron chi connectivity index (χ3n) is 5.02. The summed E-state index contributed by atoms with van der Waals surface area (Å²) in [5.74, 6) is 0.712. The highest BCUT2D eigenvalue weighted by molar-refractivity contribution is 7.10. The number of thiophene rings is 1. The number of carbonyl (C=O) groups excluding carboxylic acids is 1. The van der Waals surface area contributed by atoms with E-state index >= 15 is 0 Å². The van der Waals surface area contributed by atoms with Gasteiger partial charge in [0.05, 0.1) is 5.56 Å². The van der Waals surface area contributed by atoms with Crippen molar-refractivity contribution in [2.45, 2.75) is 46.6 Å². The first-order valence-corrected chi connectivity index (χ1v) is 9.73. The zero-order chi connectivity index (χ0) is 17.3. The predicted molar refractivity (Wildman–Crippen MR) is 102 cm³/mol. The summed E-state index contributed by atoms with van der Waals surface area (Å²) in [5.41, 5.74) is 3.39. The van der Waals surface area contributed by atoms with Crippen LogP contribution < -0.4 is 5.32 Å². The van der Waals surface area contributed by atoms with Crippen molar-refractivity contribution in [2.24, 2.45) is 11.3 Å². The van der Waals surface area contributed by atoms with Crippen LogP contribution in [0.3, 0.4) is 0 Å². The first kappa shape index (κ1) is 17.5. The molecule has 1 aromatic carbocycles. The van der Waals surface area contributed by atoms with E-state index in [1.54, 1.807) is 11.3 Å². The second-order valence-electron chi connectivity index (χ2n) is 7.63. The summed E-state index contributed by atoms with van der Waals surface area (Å²) >= 11 is 7.90. The third-order valence-corrected chi connectivity index (χ3v) is 6.44. The normalized spacial score (nSPS) is 17.4. The van der Waals surface area contributed by atoms with Crippen LogP contribution in [0.4, 0.5) is 0 Å². The van der Waals surface area contributed by atoms with Gasteiger partial charge in [0.25, 0.3) is 5.91 Å². The monoisotopic (exact) mass is 361 g/mol. The number of fused-ring (bicyclic) bond motifs is 1. The molecule has 24 heavy (non-hydrogen) atoms. The zero-order valence-electron chi connectivity index (χ0n) is 14.5. The molecule has 0 saturated heterocycles. The molecule has 128 valence electrons. The van der Waals surface area contributed by atoms with Crippen LogP contribution in [0.15, 0.2) is 29.6 Å². The van der Waals surface area contributed by atoms with E-state index in [0.29, 0.717) is 22.9 Å². The van der Waals surface area contributed by atoms with Crippen molar-refractivity contribution in [3.8, 4) is 0 Å². The second-order valence-corrected chi connectivity index (χ2v) is 9.00. The molecule has 0 radical (unpaired) electrons. The SMILES string of the molecule is CC(C)(C)C1CCc2c(C(=O)NCc3ccccc3Cl)csc2C1. The molecule has 1 aromatic heterocycles.